The number of thiophene rings is 1. The molecule has 0 saturated carbocycles. The minimum atomic E-state index is -0.254. The van der Waals surface area contributed by atoms with Crippen molar-refractivity contribution in [2.24, 2.45) is 0 Å². The van der Waals surface area contributed by atoms with E-state index in [0.717, 1.165) is 5.69 Å². The van der Waals surface area contributed by atoms with Gasteiger partial charge in [-0.05, 0) is 56.5 Å². The Hall–Kier alpha value is -3.52. The summed E-state index contributed by atoms with van der Waals surface area (Å²) in [6, 6.07) is 12.6. The van der Waals surface area contributed by atoms with Crippen molar-refractivity contribution in [3.8, 4) is 0 Å². The molecule has 0 unspecified atom stereocenters. The second kappa shape index (κ2) is 8.08. The number of pyridine rings is 1. The Morgan fingerprint density at radius 2 is 1.77 bits per heavy atom. The summed E-state index contributed by atoms with van der Waals surface area (Å²) in [6.45, 7) is 5.90. The lowest BCUT2D eigenvalue weighted by Crippen LogP contribution is -2.14. The van der Waals surface area contributed by atoms with Gasteiger partial charge in [0.05, 0.1) is 22.0 Å². The zero-order valence-electron chi connectivity index (χ0n) is 16.8. The normalized spacial score (nSPS) is 11.1. The molecule has 0 fully saturated rings. The van der Waals surface area contributed by atoms with E-state index in [0.29, 0.717) is 32.8 Å². The van der Waals surface area contributed by atoms with Crippen LogP contribution >= 0.6 is 11.3 Å². The summed E-state index contributed by atoms with van der Waals surface area (Å²) < 4.78 is 1.81. The molecule has 0 saturated heterocycles. The minimum absolute atomic E-state index is 0.136. The fourth-order valence-electron chi connectivity index (χ4n) is 3.18. The summed E-state index contributed by atoms with van der Waals surface area (Å²) in [6.07, 6.45) is 1.67. The number of rotatable bonds is 5. The molecule has 0 atom stereocenters. The molecule has 0 radical (unpaired) electrons. The zero-order chi connectivity index (χ0) is 21.3. The molecule has 152 valence electrons. The monoisotopic (exact) mass is 419 g/mol. The average Bonchev–Trinajstić information content (AvgIpc) is 3.37. The van der Waals surface area contributed by atoms with Crippen LogP contribution in [0.3, 0.4) is 0 Å². The Bertz CT molecular complexity index is 1230. The first-order chi connectivity index (χ1) is 14.4. The number of carbonyl (C=O) groups excluding carboxylic acids is 2. The van der Waals surface area contributed by atoms with Crippen LogP contribution in [-0.4, -0.2) is 26.6 Å². The maximum atomic E-state index is 13.0. The Morgan fingerprint density at radius 3 is 2.43 bits per heavy atom. The topological polar surface area (TPSA) is 88.9 Å². The number of benzene rings is 1. The van der Waals surface area contributed by atoms with Crippen LogP contribution in [0.5, 0.6) is 0 Å². The highest BCUT2D eigenvalue weighted by Crippen LogP contribution is 2.23. The van der Waals surface area contributed by atoms with Gasteiger partial charge in [-0.2, -0.15) is 5.10 Å². The molecule has 1 aromatic carbocycles. The maximum absolute atomic E-state index is 13.0. The SMILES string of the molecule is Cc1cc(C(=O)Nc2cccc(NC(=O)c3cccs3)c2)c2cnn(C(C)C)c2n1. The number of nitrogens with one attached hydrogen (secondary N) is 2. The van der Waals surface area contributed by atoms with E-state index >= 15 is 0 Å². The highest BCUT2D eigenvalue weighted by atomic mass is 32.1. The molecule has 7 nitrogen and oxygen atoms in total. The second-order valence-electron chi connectivity index (χ2n) is 7.20. The van der Waals surface area contributed by atoms with Gasteiger partial charge in [-0.15, -0.1) is 11.3 Å². The first-order valence-electron chi connectivity index (χ1n) is 9.53. The van der Waals surface area contributed by atoms with Crippen LogP contribution in [0.2, 0.25) is 0 Å². The number of hydrogen-bond acceptors (Lipinski definition) is 5. The van der Waals surface area contributed by atoms with Gasteiger partial charge in [-0.3, -0.25) is 9.59 Å². The van der Waals surface area contributed by atoms with Crippen molar-refractivity contribution in [3.63, 3.8) is 0 Å². The van der Waals surface area contributed by atoms with Gasteiger partial charge in [0.25, 0.3) is 11.8 Å². The predicted octanol–water partition coefficient (Wildman–Crippen LogP) is 4.89. The van der Waals surface area contributed by atoms with Gasteiger partial charge in [0.1, 0.15) is 0 Å². The molecule has 3 heterocycles. The number of anilines is 2. The van der Waals surface area contributed by atoms with Crippen LogP contribution in [-0.2, 0) is 0 Å². The van der Waals surface area contributed by atoms with Crippen molar-refractivity contribution < 1.29 is 9.59 Å². The molecule has 0 bridgehead atoms. The number of hydrogen-bond donors (Lipinski definition) is 2. The molecule has 0 aliphatic rings. The summed E-state index contributed by atoms with van der Waals surface area (Å²) in [5.41, 5.74) is 3.13. The number of aromatic nitrogens is 3. The van der Waals surface area contributed by atoms with Crippen LogP contribution < -0.4 is 10.6 Å². The Morgan fingerprint density at radius 1 is 1.03 bits per heavy atom. The van der Waals surface area contributed by atoms with Gasteiger partial charge in [-0.1, -0.05) is 12.1 Å². The van der Waals surface area contributed by atoms with Crippen LogP contribution in [0, 0.1) is 6.92 Å². The first kappa shape index (κ1) is 19.8. The van der Waals surface area contributed by atoms with Crippen LogP contribution in [0.1, 0.15) is 45.6 Å². The van der Waals surface area contributed by atoms with E-state index in [2.05, 4.69) is 20.7 Å². The van der Waals surface area contributed by atoms with E-state index in [9.17, 15) is 9.59 Å². The van der Waals surface area contributed by atoms with Gasteiger partial charge in [0.15, 0.2) is 5.65 Å². The largest absolute Gasteiger partial charge is 0.322 e. The number of amides is 2. The zero-order valence-corrected chi connectivity index (χ0v) is 17.7. The fourth-order valence-corrected chi connectivity index (χ4v) is 3.80. The summed E-state index contributed by atoms with van der Waals surface area (Å²) >= 11 is 1.37. The number of carbonyl (C=O) groups is 2. The van der Waals surface area contributed by atoms with Gasteiger partial charge in [-0.25, -0.2) is 9.67 Å². The predicted molar refractivity (Wildman–Crippen MR) is 119 cm³/mol. The summed E-state index contributed by atoms with van der Waals surface area (Å²) in [5, 5.41) is 12.7. The molecule has 4 aromatic rings. The molecule has 8 heteroatoms. The van der Waals surface area contributed by atoms with E-state index in [-0.39, 0.29) is 17.9 Å². The molecule has 2 amide bonds. The van der Waals surface area contributed by atoms with Crippen LogP contribution in [0.4, 0.5) is 11.4 Å². The standard InChI is InChI=1S/C22H21N5O2S/c1-13(2)27-20-18(12-23-27)17(10-14(3)24-20)21(28)25-15-6-4-7-16(11-15)26-22(29)19-8-5-9-30-19/h4-13H,1-3H3,(H,25,28)(H,26,29). The van der Waals surface area contributed by atoms with E-state index < -0.39 is 0 Å². The second-order valence-corrected chi connectivity index (χ2v) is 8.15. The molecule has 2 N–H and O–H groups in total. The Kier molecular flexibility index (Phi) is 5.33. The van der Waals surface area contributed by atoms with Crippen molar-refractivity contribution in [2.45, 2.75) is 26.8 Å². The van der Waals surface area contributed by atoms with Crippen molar-refractivity contribution in [1.29, 1.82) is 0 Å². The quantitative estimate of drug-likeness (QED) is 0.482. The Balaban J connectivity index is 1.58. The molecular weight excluding hydrogens is 398 g/mol. The van der Waals surface area contributed by atoms with Crippen molar-refractivity contribution in [3.05, 3.63) is 70.2 Å². The minimum Gasteiger partial charge on any atom is -0.322 e. The van der Waals surface area contributed by atoms with Gasteiger partial charge in [0, 0.05) is 23.1 Å². The van der Waals surface area contributed by atoms with E-state index in [1.807, 2.05) is 32.2 Å². The summed E-state index contributed by atoms with van der Waals surface area (Å²) in [4.78, 5) is 30.5. The molecule has 30 heavy (non-hydrogen) atoms. The lowest BCUT2D eigenvalue weighted by molar-refractivity contribution is 0.102. The summed E-state index contributed by atoms with van der Waals surface area (Å²) in [7, 11) is 0. The molecule has 3 aromatic heterocycles. The lowest BCUT2D eigenvalue weighted by Gasteiger charge is -2.11. The van der Waals surface area contributed by atoms with E-state index in [4.69, 9.17) is 0 Å². The highest BCUT2D eigenvalue weighted by molar-refractivity contribution is 7.12. The third kappa shape index (κ3) is 3.95. The molecule has 0 spiro atoms. The molecule has 4 rings (SSSR count). The van der Waals surface area contributed by atoms with E-state index in [1.165, 1.54) is 11.3 Å². The van der Waals surface area contributed by atoms with E-state index in [1.54, 1.807) is 47.3 Å². The third-order valence-electron chi connectivity index (χ3n) is 4.55. The van der Waals surface area contributed by atoms with Crippen molar-refractivity contribution in [2.75, 3.05) is 10.6 Å². The van der Waals surface area contributed by atoms with Gasteiger partial charge in [0.2, 0.25) is 0 Å². The van der Waals surface area contributed by atoms with Gasteiger partial charge >= 0.3 is 0 Å². The molecule has 0 aliphatic carbocycles. The number of nitrogens with zero attached hydrogens (tertiary/aromatic N) is 3. The number of aryl methyl sites for hydroxylation is 1. The average molecular weight is 420 g/mol. The first-order valence-corrected chi connectivity index (χ1v) is 10.4. The highest BCUT2D eigenvalue weighted by Gasteiger charge is 2.17. The molecular formula is C22H21N5O2S. The smallest absolute Gasteiger partial charge is 0.265 e. The molecule has 0 aliphatic heterocycles. The Labute approximate surface area is 177 Å². The van der Waals surface area contributed by atoms with Crippen molar-refractivity contribution in [1.82, 2.24) is 14.8 Å². The number of fused-ring (bicyclic) bond motifs is 1. The third-order valence-corrected chi connectivity index (χ3v) is 5.42. The summed E-state index contributed by atoms with van der Waals surface area (Å²) in [5.74, 6) is -0.434. The maximum Gasteiger partial charge on any atom is 0.265 e. The van der Waals surface area contributed by atoms with Crippen LogP contribution in [0.25, 0.3) is 11.0 Å². The lowest BCUT2D eigenvalue weighted by atomic mass is 10.1. The van der Waals surface area contributed by atoms with Crippen LogP contribution in [0.15, 0.2) is 54.0 Å². The van der Waals surface area contributed by atoms with Crippen molar-refractivity contribution >= 4 is 45.6 Å². The fraction of sp³-hybridized carbons (Fsp3) is 0.182. The van der Waals surface area contributed by atoms with Gasteiger partial charge < -0.3 is 10.6 Å².